The number of benzene rings is 1. The fourth-order valence-electron chi connectivity index (χ4n) is 2.85. The van der Waals surface area contributed by atoms with Gasteiger partial charge in [0.05, 0.1) is 13.7 Å². The zero-order valence-corrected chi connectivity index (χ0v) is 18.9. The number of halogens is 1. The summed E-state index contributed by atoms with van der Waals surface area (Å²) in [5, 5.41) is 6.72. The predicted molar refractivity (Wildman–Crippen MR) is 118 cm³/mol. The van der Waals surface area contributed by atoms with E-state index in [4.69, 9.17) is 9.47 Å². The van der Waals surface area contributed by atoms with Crippen LogP contribution in [0.3, 0.4) is 0 Å². The van der Waals surface area contributed by atoms with Crippen LogP contribution in [0.2, 0.25) is 0 Å². The van der Waals surface area contributed by atoms with Gasteiger partial charge in [-0.25, -0.2) is 4.79 Å². The van der Waals surface area contributed by atoms with Crippen LogP contribution in [0.4, 0.5) is 4.79 Å². The van der Waals surface area contributed by atoms with Crippen LogP contribution in [0.1, 0.15) is 25.3 Å². The van der Waals surface area contributed by atoms with Gasteiger partial charge in [0.1, 0.15) is 11.9 Å². The summed E-state index contributed by atoms with van der Waals surface area (Å²) in [4.78, 5) is 17.5. The SMILES string of the molecule is CN=C(NCC(C)Oc1ccc(C)cc1)NC1CCN(C(=O)OC)CC1.I. The number of guanidine groups is 1. The van der Waals surface area contributed by atoms with Crippen molar-refractivity contribution in [3.05, 3.63) is 29.8 Å². The van der Waals surface area contributed by atoms with Gasteiger partial charge in [-0.15, -0.1) is 24.0 Å². The molecule has 2 rings (SSSR count). The number of hydrogen-bond acceptors (Lipinski definition) is 4. The van der Waals surface area contributed by atoms with Gasteiger partial charge in [0, 0.05) is 26.2 Å². The van der Waals surface area contributed by atoms with Gasteiger partial charge in [-0.3, -0.25) is 4.99 Å². The zero-order valence-electron chi connectivity index (χ0n) is 16.5. The maximum absolute atomic E-state index is 11.5. The smallest absolute Gasteiger partial charge is 0.409 e. The van der Waals surface area contributed by atoms with Gasteiger partial charge in [-0.05, 0) is 38.8 Å². The molecule has 0 bridgehead atoms. The van der Waals surface area contributed by atoms with Crippen molar-refractivity contribution < 1.29 is 14.3 Å². The second-order valence-electron chi connectivity index (χ2n) is 6.57. The van der Waals surface area contributed by atoms with Crippen LogP contribution in [0.5, 0.6) is 5.75 Å². The molecule has 1 aromatic rings. The van der Waals surface area contributed by atoms with Crippen LogP contribution < -0.4 is 15.4 Å². The number of amides is 1. The lowest BCUT2D eigenvalue weighted by atomic mass is 10.1. The monoisotopic (exact) mass is 490 g/mol. The molecule has 2 N–H and O–H groups in total. The van der Waals surface area contributed by atoms with Crippen molar-refractivity contribution in [3.8, 4) is 5.75 Å². The first-order valence-electron chi connectivity index (χ1n) is 9.05. The molecule has 1 unspecified atom stereocenters. The van der Waals surface area contributed by atoms with E-state index in [-0.39, 0.29) is 42.2 Å². The first kappa shape index (κ1) is 23.3. The molecule has 7 nitrogen and oxygen atoms in total. The van der Waals surface area contributed by atoms with E-state index < -0.39 is 0 Å². The number of methoxy groups -OCH3 is 1. The number of hydrogen-bond donors (Lipinski definition) is 2. The van der Waals surface area contributed by atoms with E-state index in [0.717, 1.165) is 24.6 Å². The van der Waals surface area contributed by atoms with E-state index in [2.05, 4.69) is 22.5 Å². The lowest BCUT2D eigenvalue weighted by Crippen LogP contribution is -2.50. The average molecular weight is 490 g/mol. The number of rotatable bonds is 5. The number of nitrogens with one attached hydrogen (secondary N) is 2. The van der Waals surface area contributed by atoms with Gasteiger partial charge in [0.2, 0.25) is 0 Å². The van der Waals surface area contributed by atoms with Gasteiger partial charge < -0.3 is 25.0 Å². The molecule has 1 amide bonds. The van der Waals surface area contributed by atoms with E-state index in [9.17, 15) is 4.79 Å². The van der Waals surface area contributed by atoms with Gasteiger partial charge in [0.25, 0.3) is 0 Å². The highest BCUT2D eigenvalue weighted by Gasteiger charge is 2.23. The van der Waals surface area contributed by atoms with Crippen LogP contribution in [0.25, 0.3) is 0 Å². The Hall–Kier alpha value is -1.71. The minimum Gasteiger partial charge on any atom is -0.489 e. The third-order valence-corrected chi connectivity index (χ3v) is 4.41. The van der Waals surface area contributed by atoms with E-state index in [0.29, 0.717) is 19.6 Å². The lowest BCUT2D eigenvalue weighted by Gasteiger charge is -2.32. The van der Waals surface area contributed by atoms with Gasteiger partial charge in [-0.2, -0.15) is 0 Å². The molecular formula is C19H31IN4O3. The number of piperidine rings is 1. The van der Waals surface area contributed by atoms with Crippen molar-refractivity contribution in [1.82, 2.24) is 15.5 Å². The second-order valence-corrected chi connectivity index (χ2v) is 6.57. The number of aryl methyl sites for hydroxylation is 1. The Morgan fingerprint density at radius 1 is 1.30 bits per heavy atom. The number of aliphatic imine (C=N–C) groups is 1. The van der Waals surface area contributed by atoms with E-state index in [1.165, 1.54) is 12.7 Å². The topological polar surface area (TPSA) is 75.2 Å². The Labute approximate surface area is 178 Å². The average Bonchev–Trinajstić information content (AvgIpc) is 2.66. The number of carbonyl (C=O) groups excluding carboxylic acids is 1. The van der Waals surface area contributed by atoms with Crippen LogP contribution in [0, 0.1) is 6.92 Å². The third-order valence-electron chi connectivity index (χ3n) is 4.41. The number of carbonyl (C=O) groups is 1. The summed E-state index contributed by atoms with van der Waals surface area (Å²) in [7, 11) is 3.17. The Morgan fingerprint density at radius 3 is 2.48 bits per heavy atom. The van der Waals surface area contributed by atoms with Crippen LogP contribution in [0.15, 0.2) is 29.3 Å². The molecule has 0 aromatic heterocycles. The summed E-state index contributed by atoms with van der Waals surface area (Å²) in [6.07, 6.45) is 1.49. The van der Waals surface area contributed by atoms with Gasteiger partial charge in [-0.1, -0.05) is 17.7 Å². The number of nitrogens with zero attached hydrogens (tertiary/aromatic N) is 2. The quantitative estimate of drug-likeness (QED) is 0.377. The molecular weight excluding hydrogens is 459 g/mol. The standard InChI is InChI=1S/C19H30N4O3.HI/c1-14-5-7-17(8-6-14)26-15(2)13-21-18(20-3)22-16-9-11-23(12-10-16)19(24)25-4;/h5-8,15-16H,9-13H2,1-4H3,(H2,20,21,22);1H. The van der Waals surface area contributed by atoms with Crippen molar-refractivity contribution in [2.75, 3.05) is 33.8 Å². The highest BCUT2D eigenvalue weighted by molar-refractivity contribution is 14.0. The Morgan fingerprint density at radius 2 is 1.93 bits per heavy atom. The molecule has 1 aliphatic rings. The highest BCUT2D eigenvalue weighted by atomic mass is 127. The zero-order chi connectivity index (χ0) is 18.9. The molecule has 0 aliphatic carbocycles. The van der Waals surface area contributed by atoms with E-state index in [1.807, 2.05) is 31.2 Å². The summed E-state index contributed by atoms with van der Waals surface area (Å²) in [5.74, 6) is 1.61. The highest BCUT2D eigenvalue weighted by Crippen LogP contribution is 2.13. The largest absolute Gasteiger partial charge is 0.489 e. The fourth-order valence-corrected chi connectivity index (χ4v) is 2.85. The summed E-state index contributed by atoms with van der Waals surface area (Å²) < 4.78 is 10.7. The molecule has 0 saturated carbocycles. The van der Waals surface area contributed by atoms with E-state index in [1.54, 1.807) is 11.9 Å². The molecule has 8 heteroatoms. The Kier molecular flexibility index (Phi) is 10.3. The summed E-state index contributed by atoms with van der Waals surface area (Å²) >= 11 is 0. The molecule has 1 saturated heterocycles. The summed E-state index contributed by atoms with van der Waals surface area (Å²) in [6, 6.07) is 8.32. The first-order chi connectivity index (χ1) is 12.5. The van der Waals surface area contributed by atoms with Crippen molar-refractivity contribution >= 4 is 36.0 Å². The maximum Gasteiger partial charge on any atom is 0.409 e. The van der Waals surface area contributed by atoms with Gasteiger partial charge in [0.15, 0.2) is 5.96 Å². The molecule has 0 radical (unpaired) electrons. The molecule has 1 aliphatic heterocycles. The molecule has 152 valence electrons. The predicted octanol–water partition coefficient (Wildman–Crippen LogP) is 2.78. The number of ether oxygens (including phenoxy) is 2. The lowest BCUT2D eigenvalue weighted by molar-refractivity contribution is 0.111. The van der Waals surface area contributed by atoms with Gasteiger partial charge >= 0.3 is 6.09 Å². The van der Waals surface area contributed by atoms with Crippen molar-refractivity contribution in [3.63, 3.8) is 0 Å². The molecule has 27 heavy (non-hydrogen) atoms. The van der Waals surface area contributed by atoms with Crippen molar-refractivity contribution in [2.45, 2.75) is 38.8 Å². The molecule has 1 aromatic carbocycles. The van der Waals surface area contributed by atoms with Crippen LogP contribution >= 0.6 is 24.0 Å². The summed E-state index contributed by atoms with van der Waals surface area (Å²) in [6.45, 7) is 6.10. The van der Waals surface area contributed by atoms with E-state index >= 15 is 0 Å². The minimum atomic E-state index is -0.256. The van der Waals surface area contributed by atoms with Crippen molar-refractivity contribution in [1.29, 1.82) is 0 Å². The molecule has 1 heterocycles. The van der Waals surface area contributed by atoms with Crippen molar-refractivity contribution in [2.24, 2.45) is 4.99 Å². The molecule has 1 fully saturated rings. The van der Waals surface area contributed by atoms with Crippen LogP contribution in [-0.4, -0.2) is 62.9 Å². The minimum absolute atomic E-state index is 0. The summed E-state index contributed by atoms with van der Waals surface area (Å²) in [5.41, 5.74) is 1.21. The fraction of sp³-hybridized carbons (Fsp3) is 0.579. The second kappa shape index (κ2) is 11.9. The normalized spacial score (nSPS) is 16.1. The first-order valence-corrected chi connectivity index (χ1v) is 9.05. The Bertz CT molecular complexity index is 601. The maximum atomic E-state index is 11.5. The number of likely N-dealkylation sites (tertiary alicyclic amines) is 1. The molecule has 0 spiro atoms. The van der Waals surface area contributed by atoms with Crippen LogP contribution in [-0.2, 0) is 4.74 Å². The Balaban J connectivity index is 0.00000364. The molecule has 1 atom stereocenters. The third kappa shape index (κ3) is 7.82.